The fourth-order valence-corrected chi connectivity index (χ4v) is 2.61. The summed E-state index contributed by atoms with van der Waals surface area (Å²) in [6.07, 6.45) is 0. The highest BCUT2D eigenvalue weighted by Crippen LogP contribution is 2.30. The van der Waals surface area contributed by atoms with Gasteiger partial charge in [0.15, 0.2) is 0 Å². The van der Waals surface area contributed by atoms with Crippen LogP contribution in [-0.4, -0.2) is 5.84 Å². The van der Waals surface area contributed by atoms with Crippen molar-refractivity contribution in [2.45, 2.75) is 13.8 Å². The fraction of sp³-hybridized carbons (Fsp3) is 0.133. The lowest BCUT2D eigenvalue weighted by molar-refractivity contribution is 1.32. The van der Waals surface area contributed by atoms with Gasteiger partial charge in [0.05, 0.1) is 5.69 Å². The number of hydrogen-bond acceptors (Lipinski definition) is 1. The minimum atomic E-state index is 0.531. The number of nitrogens with zero attached hydrogens (tertiary/aromatic N) is 1. The van der Waals surface area contributed by atoms with Crippen LogP contribution in [0.1, 0.15) is 16.7 Å². The zero-order valence-electron chi connectivity index (χ0n) is 10.4. The summed E-state index contributed by atoms with van der Waals surface area (Å²) in [6, 6.07) is 13.9. The second-order valence-corrected chi connectivity index (χ2v) is 5.13. The molecule has 0 saturated heterocycles. The Bertz CT molecular complexity index is 566. The summed E-state index contributed by atoms with van der Waals surface area (Å²) in [5.74, 6) is 0.531. The first-order chi connectivity index (χ1) is 8.58. The highest BCUT2D eigenvalue weighted by Gasteiger charge is 2.05. The summed E-state index contributed by atoms with van der Waals surface area (Å²) >= 11 is 3.54. The second kappa shape index (κ2) is 5.36. The zero-order chi connectivity index (χ0) is 13.1. The molecule has 0 saturated carbocycles. The van der Waals surface area contributed by atoms with Gasteiger partial charge in [0, 0.05) is 10.0 Å². The molecule has 2 nitrogen and oxygen atoms in total. The maximum absolute atomic E-state index is 6.03. The van der Waals surface area contributed by atoms with E-state index in [1.165, 1.54) is 5.56 Å². The van der Waals surface area contributed by atoms with E-state index in [-0.39, 0.29) is 0 Å². The van der Waals surface area contributed by atoms with E-state index in [1.807, 2.05) is 43.3 Å². The van der Waals surface area contributed by atoms with Crippen LogP contribution in [0.5, 0.6) is 0 Å². The number of hydrogen-bond donors (Lipinski definition) is 1. The van der Waals surface area contributed by atoms with Gasteiger partial charge in [0.2, 0.25) is 0 Å². The van der Waals surface area contributed by atoms with Gasteiger partial charge in [0.1, 0.15) is 5.84 Å². The van der Waals surface area contributed by atoms with Crippen LogP contribution in [0.4, 0.5) is 5.69 Å². The van der Waals surface area contributed by atoms with Crippen LogP contribution in [0.15, 0.2) is 51.9 Å². The van der Waals surface area contributed by atoms with Gasteiger partial charge in [-0.1, -0.05) is 36.4 Å². The molecule has 3 heteroatoms. The van der Waals surface area contributed by atoms with E-state index in [2.05, 4.69) is 33.9 Å². The first-order valence-corrected chi connectivity index (χ1v) is 6.53. The summed E-state index contributed by atoms with van der Waals surface area (Å²) in [5.41, 5.74) is 10.2. The first-order valence-electron chi connectivity index (χ1n) is 5.74. The number of halogens is 1. The normalized spacial score (nSPS) is 11.6. The van der Waals surface area contributed by atoms with Crippen LogP contribution in [-0.2, 0) is 0 Å². The van der Waals surface area contributed by atoms with Crippen molar-refractivity contribution in [3.63, 3.8) is 0 Å². The molecule has 0 unspecified atom stereocenters. The second-order valence-electron chi connectivity index (χ2n) is 4.28. The van der Waals surface area contributed by atoms with Crippen molar-refractivity contribution in [2.75, 3.05) is 0 Å². The van der Waals surface area contributed by atoms with Gasteiger partial charge in [-0.25, -0.2) is 4.99 Å². The molecule has 2 aromatic rings. The summed E-state index contributed by atoms with van der Waals surface area (Å²) < 4.78 is 0.971. The van der Waals surface area contributed by atoms with E-state index >= 15 is 0 Å². The Hall–Kier alpha value is -1.61. The Morgan fingerprint density at radius 1 is 1.11 bits per heavy atom. The number of amidine groups is 1. The van der Waals surface area contributed by atoms with Crippen LogP contribution in [0.3, 0.4) is 0 Å². The predicted molar refractivity (Wildman–Crippen MR) is 80.4 cm³/mol. The number of benzene rings is 2. The summed E-state index contributed by atoms with van der Waals surface area (Å²) in [5, 5.41) is 0. The molecule has 0 amide bonds. The molecule has 0 aromatic heterocycles. The summed E-state index contributed by atoms with van der Waals surface area (Å²) in [4.78, 5) is 4.52. The minimum Gasteiger partial charge on any atom is -0.383 e. The Kier molecular flexibility index (Phi) is 3.82. The Labute approximate surface area is 116 Å². The van der Waals surface area contributed by atoms with Gasteiger partial charge in [0.25, 0.3) is 0 Å². The van der Waals surface area contributed by atoms with E-state index in [0.717, 1.165) is 21.3 Å². The van der Waals surface area contributed by atoms with Gasteiger partial charge in [-0.3, -0.25) is 0 Å². The lowest BCUT2D eigenvalue weighted by Crippen LogP contribution is -2.12. The predicted octanol–water partition coefficient (Wildman–Crippen LogP) is 4.10. The third-order valence-corrected chi connectivity index (χ3v) is 3.30. The van der Waals surface area contributed by atoms with Gasteiger partial charge < -0.3 is 5.73 Å². The molecule has 0 aliphatic rings. The average molecular weight is 303 g/mol. The molecule has 2 aromatic carbocycles. The van der Waals surface area contributed by atoms with Gasteiger partial charge >= 0.3 is 0 Å². The molecular weight excluding hydrogens is 288 g/mol. The van der Waals surface area contributed by atoms with E-state index < -0.39 is 0 Å². The van der Waals surface area contributed by atoms with Crippen molar-refractivity contribution >= 4 is 27.5 Å². The molecule has 92 valence electrons. The number of aryl methyl sites for hydroxylation is 2. The number of nitrogens with two attached hydrogens (primary N) is 1. The van der Waals surface area contributed by atoms with Crippen molar-refractivity contribution < 1.29 is 0 Å². The highest BCUT2D eigenvalue weighted by molar-refractivity contribution is 9.10. The molecular formula is C15H15BrN2. The lowest BCUT2D eigenvalue weighted by atomic mass is 10.1. The summed E-state index contributed by atoms with van der Waals surface area (Å²) in [7, 11) is 0. The largest absolute Gasteiger partial charge is 0.383 e. The van der Waals surface area contributed by atoms with Gasteiger partial charge in [-0.15, -0.1) is 0 Å². The summed E-state index contributed by atoms with van der Waals surface area (Å²) in [6.45, 7) is 4.10. The van der Waals surface area contributed by atoms with Gasteiger partial charge in [-0.2, -0.15) is 0 Å². The van der Waals surface area contributed by atoms with Crippen LogP contribution < -0.4 is 5.73 Å². The third-order valence-electron chi connectivity index (χ3n) is 2.70. The molecule has 2 N–H and O–H groups in total. The quantitative estimate of drug-likeness (QED) is 0.658. The molecule has 0 aliphatic heterocycles. The van der Waals surface area contributed by atoms with Crippen LogP contribution >= 0.6 is 15.9 Å². The SMILES string of the molecule is Cc1cc(C)c(N=C(N)c2ccccc2)c(Br)c1. The molecule has 18 heavy (non-hydrogen) atoms. The van der Waals surface area contributed by atoms with E-state index in [9.17, 15) is 0 Å². The topological polar surface area (TPSA) is 38.4 Å². The average Bonchev–Trinajstić information content (AvgIpc) is 2.34. The van der Waals surface area contributed by atoms with Crippen molar-refractivity contribution in [3.8, 4) is 0 Å². The fourth-order valence-electron chi connectivity index (χ4n) is 1.84. The van der Waals surface area contributed by atoms with E-state index in [1.54, 1.807) is 0 Å². The smallest absolute Gasteiger partial charge is 0.131 e. The van der Waals surface area contributed by atoms with Crippen molar-refractivity contribution in [1.82, 2.24) is 0 Å². The van der Waals surface area contributed by atoms with Crippen molar-refractivity contribution in [3.05, 3.63) is 63.6 Å². The molecule has 0 bridgehead atoms. The first kappa shape index (κ1) is 12.8. The van der Waals surface area contributed by atoms with E-state index in [4.69, 9.17) is 5.73 Å². The van der Waals surface area contributed by atoms with Crippen LogP contribution in [0.2, 0.25) is 0 Å². The van der Waals surface area contributed by atoms with E-state index in [0.29, 0.717) is 5.84 Å². The van der Waals surface area contributed by atoms with Crippen LogP contribution in [0.25, 0.3) is 0 Å². The van der Waals surface area contributed by atoms with Crippen molar-refractivity contribution in [2.24, 2.45) is 10.7 Å². The maximum atomic E-state index is 6.03. The number of aliphatic imine (C=N–C) groups is 1. The standard InChI is InChI=1S/C15H15BrN2/c1-10-8-11(2)14(13(16)9-10)18-15(17)12-6-4-3-5-7-12/h3-9H,1-2H3,(H2,17,18). The highest BCUT2D eigenvalue weighted by atomic mass is 79.9. The minimum absolute atomic E-state index is 0.531. The van der Waals surface area contributed by atoms with Crippen LogP contribution in [0, 0.1) is 13.8 Å². The molecule has 0 spiro atoms. The Morgan fingerprint density at radius 3 is 2.39 bits per heavy atom. The monoisotopic (exact) mass is 302 g/mol. The molecule has 0 heterocycles. The third kappa shape index (κ3) is 2.79. The lowest BCUT2D eigenvalue weighted by Gasteiger charge is -2.07. The molecule has 2 rings (SSSR count). The van der Waals surface area contributed by atoms with Crippen molar-refractivity contribution in [1.29, 1.82) is 0 Å². The molecule has 0 aliphatic carbocycles. The Balaban J connectivity index is 2.45. The maximum Gasteiger partial charge on any atom is 0.131 e. The number of rotatable bonds is 2. The Morgan fingerprint density at radius 2 is 1.78 bits per heavy atom. The molecule has 0 atom stereocenters. The van der Waals surface area contributed by atoms with Gasteiger partial charge in [-0.05, 0) is 47.0 Å². The molecule has 0 fully saturated rings. The zero-order valence-corrected chi connectivity index (χ0v) is 12.0. The molecule has 0 radical (unpaired) electrons.